The molecule has 1 amide bonds. The second-order valence-electron chi connectivity index (χ2n) is 18.2. The van der Waals surface area contributed by atoms with Crippen molar-refractivity contribution in [1.29, 1.82) is 0 Å². The fourth-order valence-electron chi connectivity index (χ4n) is 10.8. The number of nitrogens with zero attached hydrogens (tertiary/aromatic N) is 8. The molecule has 1 saturated heterocycles. The number of carbonyl (C=O) groups excluding carboxylic acids is 1. The topological polar surface area (TPSA) is 175 Å². The lowest BCUT2D eigenvalue weighted by Crippen LogP contribution is -2.41. The molecule has 7 heterocycles. The second-order valence-corrected chi connectivity index (χ2v) is 20.3. The van der Waals surface area contributed by atoms with Crippen LogP contribution in [0.5, 0.6) is 0 Å². The van der Waals surface area contributed by atoms with E-state index in [4.69, 9.17) is 14.4 Å². The molecule has 1 saturated carbocycles. The van der Waals surface area contributed by atoms with Crippen molar-refractivity contribution in [2.45, 2.75) is 77.3 Å². The number of H-pyrrole nitrogens is 1. The lowest BCUT2D eigenvalue weighted by Gasteiger charge is -2.34. The summed E-state index contributed by atoms with van der Waals surface area (Å²) in [5, 5.41) is 10.1. The monoisotopic (exact) mass is 919 g/mol. The van der Waals surface area contributed by atoms with Crippen molar-refractivity contribution in [2.75, 3.05) is 36.9 Å². The van der Waals surface area contributed by atoms with Crippen LogP contribution < -0.4 is 15.8 Å². The molecule has 7 aromatic rings. The standard InChI is InChI=1S/C47H47F2N9O7S/c1-25-20-32(21-26(2)40(25)48)58-42(56-16-15-55(46(56)61)37-9-8-36-33(41(37)49)13-19-66(62,63)53(36)5)39-28(4)54(14-10-34(39)51-58)43(59)38-23-31-22-30(29-11-17-64-18-12-29)6-7-35(31)57(38)47(24-27(47)3)44-50-45(60)65-52-44/h6-9,15-16,20-23,27-29H,10-14,17-19,24H2,1-5H3,(H,50,52,60). The Balaban J connectivity index is 1.05. The van der Waals surface area contributed by atoms with Gasteiger partial charge in [0.2, 0.25) is 10.0 Å². The normalized spacial score (nSPS) is 21.6. The van der Waals surface area contributed by atoms with Gasteiger partial charge in [-0.25, -0.2) is 31.5 Å². The smallest absolute Gasteiger partial charge is 0.381 e. The van der Waals surface area contributed by atoms with Gasteiger partial charge in [0, 0.05) is 67.7 Å². The molecule has 3 atom stereocenters. The third-order valence-corrected chi connectivity index (χ3v) is 16.2. The Bertz CT molecular complexity index is 3390. The summed E-state index contributed by atoms with van der Waals surface area (Å²) in [5.41, 5.74) is 3.58. The van der Waals surface area contributed by atoms with E-state index in [1.165, 1.54) is 36.1 Å². The number of hydrogen-bond donors (Lipinski definition) is 1. The third kappa shape index (κ3) is 6.22. The molecule has 342 valence electrons. The van der Waals surface area contributed by atoms with Gasteiger partial charge >= 0.3 is 11.4 Å². The van der Waals surface area contributed by atoms with Crippen molar-refractivity contribution >= 4 is 32.5 Å². The molecule has 4 aromatic heterocycles. The summed E-state index contributed by atoms with van der Waals surface area (Å²) in [7, 11) is -2.24. The number of aromatic amines is 1. The largest absolute Gasteiger partial charge is 0.438 e. The quantitative estimate of drug-likeness (QED) is 0.198. The van der Waals surface area contributed by atoms with Crippen LogP contribution in [0.1, 0.15) is 94.9 Å². The number of rotatable bonds is 7. The number of anilines is 1. The molecule has 4 aliphatic rings. The van der Waals surface area contributed by atoms with Gasteiger partial charge in [-0.3, -0.25) is 27.7 Å². The molecule has 1 aliphatic carbocycles. The van der Waals surface area contributed by atoms with Crippen molar-refractivity contribution in [3.05, 3.63) is 139 Å². The molecular weight excluding hydrogens is 873 g/mol. The molecule has 66 heavy (non-hydrogen) atoms. The van der Waals surface area contributed by atoms with Gasteiger partial charge in [0.25, 0.3) is 5.91 Å². The van der Waals surface area contributed by atoms with E-state index in [0.29, 0.717) is 77.4 Å². The molecule has 0 spiro atoms. The fourth-order valence-corrected chi connectivity index (χ4v) is 12.0. The Hall–Kier alpha value is -6.60. The Morgan fingerprint density at radius 1 is 0.924 bits per heavy atom. The summed E-state index contributed by atoms with van der Waals surface area (Å²) in [6.45, 7) is 8.84. The number of imidazole rings is 1. The highest BCUT2D eigenvalue weighted by atomic mass is 32.2. The molecule has 3 unspecified atom stereocenters. The van der Waals surface area contributed by atoms with Crippen LogP contribution in [-0.2, 0) is 33.1 Å². The first-order valence-corrected chi connectivity index (χ1v) is 23.8. The molecule has 19 heteroatoms. The molecule has 0 bridgehead atoms. The minimum atomic E-state index is -3.61. The van der Waals surface area contributed by atoms with Crippen molar-refractivity contribution in [3.63, 3.8) is 0 Å². The van der Waals surface area contributed by atoms with E-state index in [9.17, 15) is 18.0 Å². The SMILES string of the molecule is Cc1cc(-n2nc3c(c2-n2ccn(-c4ccc5c(c4F)CCS(=O)(=O)N5C)c2=O)C(C)N(C(=O)c2cc4cc(C5CCOCC5)ccc4n2C2(c4noc(=O)[nH]4)CC2C)CC3)cc(C)c1F. The van der Waals surface area contributed by atoms with E-state index < -0.39 is 38.9 Å². The van der Waals surface area contributed by atoms with E-state index in [1.807, 2.05) is 30.5 Å². The van der Waals surface area contributed by atoms with E-state index in [-0.39, 0.29) is 53.3 Å². The second kappa shape index (κ2) is 15.0. The van der Waals surface area contributed by atoms with Crippen LogP contribution in [0.4, 0.5) is 14.5 Å². The van der Waals surface area contributed by atoms with Crippen LogP contribution in [0.3, 0.4) is 0 Å². The van der Waals surface area contributed by atoms with Gasteiger partial charge in [-0.15, -0.1) is 0 Å². The molecule has 0 radical (unpaired) electrons. The van der Waals surface area contributed by atoms with Gasteiger partial charge in [0.05, 0.1) is 34.6 Å². The fraction of sp³-hybridized carbons (Fsp3) is 0.383. The van der Waals surface area contributed by atoms with Crippen LogP contribution in [0.2, 0.25) is 0 Å². The average Bonchev–Trinajstić information content (AvgIpc) is 3.79. The minimum Gasteiger partial charge on any atom is -0.381 e. The summed E-state index contributed by atoms with van der Waals surface area (Å²) in [6.07, 6.45) is 5.56. The van der Waals surface area contributed by atoms with Crippen LogP contribution in [0, 0.1) is 31.4 Å². The van der Waals surface area contributed by atoms with Crippen LogP contribution in [-0.4, -0.2) is 85.4 Å². The Kier molecular flexibility index (Phi) is 9.54. The van der Waals surface area contributed by atoms with Gasteiger partial charge in [-0.1, -0.05) is 18.1 Å². The van der Waals surface area contributed by atoms with E-state index >= 15 is 13.6 Å². The number of amides is 1. The van der Waals surface area contributed by atoms with Crippen molar-refractivity contribution in [2.24, 2.45) is 5.92 Å². The van der Waals surface area contributed by atoms with Gasteiger partial charge < -0.3 is 14.2 Å². The highest BCUT2D eigenvalue weighted by molar-refractivity contribution is 7.92. The summed E-state index contributed by atoms with van der Waals surface area (Å²) >= 11 is 0. The average molecular weight is 920 g/mol. The number of nitrogens with one attached hydrogen (secondary N) is 1. The molecule has 16 nitrogen and oxygen atoms in total. The molecule has 3 aliphatic heterocycles. The number of hydrogen-bond acceptors (Lipinski definition) is 9. The first kappa shape index (κ1) is 42.1. The maximum absolute atomic E-state index is 16.4. The molecule has 3 aromatic carbocycles. The zero-order chi connectivity index (χ0) is 46.1. The first-order valence-electron chi connectivity index (χ1n) is 22.2. The van der Waals surface area contributed by atoms with Crippen molar-refractivity contribution < 1.29 is 31.3 Å². The van der Waals surface area contributed by atoms with Gasteiger partial charge in [-0.2, -0.15) is 5.10 Å². The van der Waals surface area contributed by atoms with Crippen molar-refractivity contribution in [1.82, 2.24) is 38.5 Å². The molecular formula is C47H47F2N9O7S. The predicted molar refractivity (Wildman–Crippen MR) is 240 cm³/mol. The van der Waals surface area contributed by atoms with Gasteiger partial charge in [0.15, 0.2) is 11.6 Å². The van der Waals surface area contributed by atoms with Crippen molar-refractivity contribution in [3.8, 4) is 17.2 Å². The van der Waals surface area contributed by atoms with Crippen LogP contribution in [0.15, 0.2) is 75.0 Å². The van der Waals surface area contributed by atoms with Gasteiger partial charge in [0.1, 0.15) is 22.9 Å². The summed E-state index contributed by atoms with van der Waals surface area (Å²) in [5.74, 6) is -1.44. The molecule has 11 rings (SSSR count). The zero-order valence-electron chi connectivity index (χ0n) is 37.0. The number of fused-ring (bicyclic) bond motifs is 3. The maximum Gasteiger partial charge on any atom is 0.438 e. The Morgan fingerprint density at radius 2 is 1.64 bits per heavy atom. The number of aryl methyl sites for hydroxylation is 2. The predicted octanol–water partition coefficient (Wildman–Crippen LogP) is 6.10. The minimum absolute atomic E-state index is 0.0155. The number of aromatic nitrogens is 7. The van der Waals surface area contributed by atoms with E-state index in [0.717, 1.165) is 38.2 Å². The van der Waals surface area contributed by atoms with E-state index in [2.05, 4.69) is 22.3 Å². The summed E-state index contributed by atoms with van der Waals surface area (Å²) in [6, 6.07) is 13.7. The number of carbonyl (C=O) groups is 1. The highest BCUT2D eigenvalue weighted by Gasteiger charge is 2.59. The van der Waals surface area contributed by atoms with E-state index in [1.54, 1.807) is 35.6 Å². The summed E-state index contributed by atoms with van der Waals surface area (Å²) < 4.78 is 74.6. The lowest BCUT2D eigenvalue weighted by molar-refractivity contribution is 0.0663. The maximum atomic E-state index is 16.4. The third-order valence-electron chi connectivity index (χ3n) is 14.5. The van der Waals surface area contributed by atoms with Gasteiger partial charge in [-0.05, 0) is 117 Å². The Labute approximate surface area is 377 Å². The zero-order valence-corrected chi connectivity index (χ0v) is 37.8. The number of sulfonamides is 1. The molecule has 1 N–H and O–H groups in total. The number of benzene rings is 3. The Morgan fingerprint density at radius 3 is 2.33 bits per heavy atom. The van der Waals surface area contributed by atoms with Crippen LogP contribution >= 0.6 is 0 Å². The molecule has 2 fully saturated rings. The number of halogens is 2. The lowest BCUT2D eigenvalue weighted by atomic mass is 9.91. The number of ether oxygens (including phenoxy) is 1. The highest BCUT2D eigenvalue weighted by Crippen LogP contribution is 2.56. The first-order chi connectivity index (χ1) is 31.6. The van der Waals surface area contributed by atoms with Crippen LogP contribution in [0.25, 0.3) is 28.1 Å². The summed E-state index contributed by atoms with van der Waals surface area (Å²) in [4.78, 5) is 47.2.